The molecule has 2 aromatic carbocycles. The second-order valence-electron chi connectivity index (χ2n) is 4.95. The van der Waals surface area contributed by atoms with Crippen LogP contribution in [-0.4, -0.2) is 6.79 Å². The second-order valence-corrected chi connectivity index (χ2v) is 4.95. The highest BCUT2D eigenvalue weighted by Crippen LogP contribution is 2.38. The molecule has 0 unspecified atom stereocenters. The van der Waals surface area contributed by atoms with E-state index in [2.05, 4.69) is 13.8 Å². The Morgan fingerprint density at radius 1 is 1.00 bits per heavy atom. The number of hydrogen-bond acceptors (Lipinski definition) is 2. The SMILES string of the molecule is CC(C)c1ccc(F)cc1-c1ccc2c(c1)OCO2. The summed E-state index contributed by atoms with van der Waals surface area (Å²) < 4.78 is 24.2. The molecule has 0 bridgehead atoms. The number of hydrogen-bond donors (Lipinski definition) is 0. The van der Waals surface area contributed by atoms with Gasteiger partial charge in [0.05, 0.1) is 0 Å². The van der Waals surface area contributed by atoms with Crippen molar-refractivity contribution >= 4 is 0 Å². The first-order valence-corrected chi connectivity index (χ1v) is 6.34. The predicted octanol–water partition coefficient (Wildman–Crippen LogP) is 4.34. The Morgan fingerprint density at radius 2 is 1.79 bits per heavy atom. The van der Waals surface area contributed by atoms with Crippen molar-refractivity contribution in [2.75, 3.05) is 6.79 Å². The molecule has 2 nitrogen and oxygen atoms in total. The summed E-state index contributed by atoms with van der Waals surface area (Å²) in [6, 6.07) is 10.6. The van der Waals surface area contributed by atoms with Gasteiger partial charge in [-0.05, 0) is 46.9 Å². The number of fused-ring (bicyclic) bond motifs is 1. The summed E-state index contributed by atoms with van der Waals surface area (Å²) in [4.78, 5) is 0. The highest BCUT2D eigenvalue weighted by atomic mass is 19.1. The lowest BCUT2D eigenvalue weighted by atomic mass is 9.92. The lowest BCUT2D eigenvalue weighted by molar-refractivity contribution is 0.174. The van der Waals surface area contributed by atoms with Gasteiger partial charge >= 0.3 is 0 Å². The zero-order valence-corrected chi connectivity index (χ0v) is 10.9. The van der Waals surface area contributed by atoms with E-state index in [9.17, 15) is 4.39 Å². The van der Waals surface area contributed by atoms with Crippen molar-refractivity contribution in [1.82, 2.24) is 0 Å². The number of ether oxygens (including phenoxy) is 2. The van der Waals surface area contributed by atoms with Gasteiger partial charge in [-0.3, -0.25) is 0 Å². The molecule has 0 saturated carbocycles. The third kappa shape index (κ3) is 2.16. The summed E-state index contributed by atoms with van der Waals surface area (Å²) in [7, 11) is 0. The van der Waals surface area contributed by atoms with E-state index in [0.717, 1.165) is 28.2 Å². The van der Waals surface area contributed by atoms with Crippen molar-refractivity contribution in [3.63, 3.8) is 0 Å². The standard InChI is InChI=1S/C16H15FO2/c1-10(2)13-5-4-12(17)8-14(13)11-3-6-15-16(7-11)19-9-18-15/h3-8,10H,9H2,1-2H3. The predicted molar refractivity (Wildman–Crippen MR) is 72.0 cm³/mol. The van der Waals surface area contributed by atoms with Gasteiger partial charge < -0.3 is 9.47 Å². The van der Waals surface area contributed by atoms with Crippen LogP contribution in [0.5, 0.6) is 11.5 Å². The summed E-state index contributed by atoms with van der Waals surface area (Å²) >= 11 is 0. The highest BCUT2D eigenvalue weighted by molar-refractivity contribution is 5.71. The van der Waals surface area contributed by atoms with Crippen LogP contribution in [0.4, 0.5) is 4.39 Å². The zero-order valence-electron chi connectivity index (χ0n) is 10.9. The summed E-state index contributed by atoms with van der Waals surface area (Å²) in [5.74, 6) is 1.57. The van der Waals surface area contributed by atoms with Gasteiger partial charge in [-0.1, -0.05) is 26.0 Å². The lowest BCUT2D eigenvalue weighted by Crippen LogP contribution is -1.94. The van der Waals surface area contributed by atoms with Crippen molar-refractivity contribution in [2.24, 2.45) is 0 Å². The Balaban J connectivity index is 2.13. The monoisotopic (exact) mass is 258 g/mol. The van der Waals surface area contributed by atoms with E-state index < -0.39 is 0 Å². The largest absolute Gasteiger partial charge is 0.454 e. The summed E-state index contributed by atoms with van der Waals surface area (Å²) in [6.45, 7) is 4.45. The van der Waals surface area contributed by atoms with Crippen LogP contribution in [0.1, 0.15) is 25.3 Å². The van der Waals surface area contributed by atoms with Gasteiger partial charge in [0.1, 0.15) is 5.82 Å². The van der Waals surface area contributed by atoms with Crippen LogP contribution >= 0.6 is 0 Å². The van der Waals surface area contributed by atoms with Gasteiger partial charge in [-0.15, -0.1) is 0 Å². The number of benzene rings is 2. The maximum atomic E-state index is 13.5. The van der Waals surface area contributed by atoms with Gasteiger partial charge in [-0.2, -0.15) is 0 Å². The number of rotatable bonds is 2. The average Bonchev–Trinajstić information content (AvgIpc) is 2.85. The molecule has 0 radical (unpaired) electrons. The molecule has 0 spiro atoms. The van der Waals surface area contributed by atoms with Crippen LogP contribution in [0.2, 0.25) is 0 Å². The normalized spacial score (nSPS) is 13.1. The summed E-state index contributed by atoms with van der Waals surface area (Å²) in [5, 5.41) is 0. The van der Waals surface area contributed by atoms with Crippen LogP contribution in [0.15, 0.2) is 36.4 Å². The van der Waals surface area contributed by atoms with Crippen LogP contribution in [0.3, 0.4) is 0 Å². The molecule has 0 aromatic heterocycles. The fourth-order valence-electron chi connectivity index (χ4n) is 2.35. The van der Waals surface area contributed by atoms with E-state index in [1.54, 1.807) is 6.07 Å². The molecule has 1 aliphatic heterocycles. The summed E-state index contributed by atoms with van der Waals surface area (Å²) in [5.41, 5.74) is 2.99. The van der Waals surface area contributed by atoms with Crippen molar-refractivity contribution in [1.29, 1.82) is 0 Å². The lowest BCUT2D eigenvalue weighted by Gasteiger charge is -2.13. The molecule has 19 heavy (non-hydrogen) atoms. The van der Waals surface area contributed by atoms with Crippen molar-refractivity contribution in [3.8, 4) is 22.6 Å². The van der Waals surface area contributed by atoms with Gasteiger partial charge in [0, 0.05) is 0 Å². The first-order chi connectivity index (χ1) is 9.15. The van der Waals surface area contributed by atoms with E-state index >= 15 is 0 Å². The van der Waals surface area contributed by atoms with Crippen LogP contribution in [-0.2, 0) is 0 Å². The smallest absolute Gasteiger partial charge is 0.231 e. The molecule has 0 N–H and O–H groups in total. The van der Waals surface area contributed by atoms with E-state index in [1.807, 2.05) is 24.3 Å². The van der Waals surface area contributed by atoms with Gasteiger partial charge in [-0.25, -0.2) is 4.39 Å². The fourth-order valence-corrected chi connectivity index (χ4v) is 2.35. The molecule has 0 aliphatic carbocycles. The molecule has 0 atom stereocenters. The molecule has 0 amide bonds. The summed E-state index contributed by atoms with van der Waals surface area (Å²) in [6.07, 6.45) is 0. The molecule has 1 heterocycles. The molecule has 98 valence electrons. The molecule has 0 saturated heterocycles. The minimum atomic E-state index is -0.225. The third-order valence-corrected chi connectivity index (χ3v) is 3.32. The Hall–Kier alpha value is -2.03. The van der Waals surface area contributed by atoms with Crippen LogP contribution in [0, 0.1) is 5.82 Å². The molecule has 0 fully saturated rings. The van der Waals surface area contributed by atoms with Gasteiger partial charge in [0.25, 0.3) is 0 Å². The van der Waals surface area contributed by atoms with E-state index in [-0.39, 0.29) is 12.6 Å². The van der Waals surface area contributed by atoms with Crippen LogP contribution in [0.25, 0.3) is 11.1 Å². The Kier molecular flexibility index (Phi) is 2.90. The highest BCUT2D eigenvalue weighted by Gasteiger charge is 2.16. The maximum Gasteiger partial charge on any atom is 0.231 e. The van der Waals surface area contributed by atoms with E-state index in [0.29, 0.717) is 5.92 Å². The van der Waals surface area contributed by atoms with Gasteiger partial charge in [0.2, 0.25) is 6.79 Å². The quantitative estimate of drug-likeness (QED) is 0.797. The van der Waals surface area contributed by atoms with Gasteiger partial charge in [0.15, 0.2) is 11.5 Å². The molecular weight excluding hydrogens is 243 g/mol. The zero-order chi connectivity index (χ0) is 13.4. The van der Waals surface area contributed by atoms with Crippen LogP contribution < -0.4 is 9.47 Å². The maximum absolute atomic E-state index is 13.5. The van der Waals surface area contributed by atoms with Crippen molar-refractivity contribution in [2.45, 2.75) is 19.8 Å². The molecular formula is C16H15FO2. The molecule has 3 rings (SSSR count). The molecule has 3 heteroatoms. The minimum absolute atomic E-state index is 0.225. The third-order valence-electron chi connectivity index (χ3n) is 3.32. The number of halogens is 1. The topological polar surface area (TPSA) is 18.5 Å². The fraction of sp³-hybridized carbons (Fsp3) is 0.250. The second kappa shape index (κ2) is 4.57. The van der Waals surface area contributed by atoms with E-state index in [1.165, 1.54) is 6.07 Å². The Morgan fingerprint density at radius 3 is 2.58 bits per heavy atom. The van der Waals surface area contributed by atoms with E-state index in [4.69, 9.17) is 9.47 Å². The Bertz CT molecular complexity index is 620. The average molecular weight is 258 g/mol. The first kappa shape index (κ1) is 12.0. The first-order valence-electron chi connectivity index (χ1n) is 6.34. The van der Waals surface area contributed by atoms with Crippen molar-refractivity contribution < 1.29 is 13.9 Å². The van der Waals surface area contributed by atoms with Crippen molar-refractivity contribution in [3.05, 3.63) is 47.8 Å². The minimum Gasteiger partial charge on any atom is -0.454 e. The molecule has 1 aliphatic rings. The molecule has 2 aromatic rings. The Labute approximate surface area is 111 Å².